The van der Waals surface area contributed by atoms with Crippen LogP contribution in [-0.4, -0.2) is 37.0 Å². The fourth-order valence-corrected chi connectivity index (χ4v) is 4.36. The summed E-state index contributed by atoms with van der Waals surface area (Å²) in [4.78, 5) is 12.5. The largest absolute Gasteiger partial charge is 0.425 e. The summed E-state index contributed by atoms with van der Waals surface area (Å²) in [7, 11) is -3.33. The van der Waals surface area contributed by atoms with Crippen molar-refractivity contribution in [3.63, 3.8) is 0 Å². The number of benzene rings is 1. The monoisotopic (exact) mass is 325 g/mol. The van der Waals surface area contributed by atoms with E-state index in [1.54, 1.807) is 12.1 Å². The van der Waals surface area contributed by atoms with Gasteiger partial charge in [-0.05, 0) is 37.5 Å². The van der Waals surface area contributed by atoms with Gasteiger partial charge in [-0.2, -0.15) is 4.31 Å². The number of carbonyl (C=O) groups is 1. The minimum atomic E-state index is -3.33. The molecule has 2 rings (SSSR count). The molecule has 1 atom stereocenters. The van der Waals surface area contributed by atoms with Crippen LogP contribution in [0.15, 0.2) is 24.3 Å². The predicted molar refractivity (Wildman–Crippen MR) is 85.2 cm³/mol. The van der Waals surface area contributed by atoms with Crippen molar-refractivity contribution in [2.75, 3.05) is 12.3 Å². The second-order valence-electron chi connectivity index (χ2n) is 5.68. The van der Waals surface area contributed by atoms with Crippen molar-refractivity contribution < 1.29 is 17.9 Å². The number of carbonyl (C=O) groups excluding carboxylic acids is 1. The lowest BCUT2D eigenvalue weighted by Crippen LogP contribution is -2.44. The van der Waals surface area contributed by atoms with Gasteiger partial charge in [-0.15, -0.1) is 0 Å². The minimum Gasteiger partial charge on any atom is -0.425 e. The van der Waals surface area contributed by atoms with Crippen LogP contribution in [0.3, 0.4) is 0 Å². The maximum atomic E-state index is 12.5. The maximum Gasteiger partial charge on any atom is 0.329 e. The molecule has 1 aromatic rings. The van der Waals surface area contributed by atoms with Crippen LogP contribution in [-0.2, 0) is 14.8 Å². The molecule has 0 spiro atoms. The van der Waals surface area contributed by atoms with Gasteiger partial charge in [-0.25, -0.2) is 13.2 Å². The molecular weight excluding hydrogens is 302 g/mol. The summed E-state index contributed by atoms with van der Waals surface area (Å²) in [6.45, 7) is 4.33. The van der Waals surface area contributed by atoms with Crippen LogP contribution < -0.4 is 4.74 Å². The van der Waals surface area contributed by atoms with Crippen LogP contribution in [0.1, 0.15) is 38.2 Å². The molecule has 1 saturated heterocycles. The summed E-state index contributed by atoms with van der Waals surface area (Å²) >= 11 is 0. The Hall–Kier alpha value is -1.40. The first-order chi connectivity index (χ1) is 10.4. The Morgan fingerprint density at radius 3 is 2.77 bits per heavy atom. The van der Waals surface area contributed by atoms with E-state index in [1.165, 1.54) is 4.31 Å². The summed E-state index contributed by atoms with van der Waals surface area (Å²) in [5.74, 6) is 0.0977. The number of sulfonamides is 1. The van der Waals surface area contributed by atoms with E-state index in [2.05, 4.69) is 0 Å². The van der Waals surface area contributed by atoms with Crippen molar-refractivity contribution in [1.29, 1.82) is 0 Å². The summed E-state index contributed by atoms with van der Waals surface area (Å²) in [6.07, 6.45) is 2.77. The summed E-state index contributed by atoms with van der Waals surface area (Å²) in [6, 6.07) is 6.49. The topological polar surface area (TPSA) is 63.7 Å². The molecule has 0 N–H and O–H groups in total. The van der Waals surface area contributed by atoms with Gasteiger partial charge in [-0.1, -0.05) is 31.9 Å². The molecule has 0 radical (unpaired) electrons. The van der Waals surface area contributed by atoms with Crippen LogP contribution in [0.2, 0.25) is 0 Å². The number of unbranched alkanes of at least 4 members (excludes halogenated alkanes) is 1. The van der Waals surface area contributed by atoms with E-state index < -0.39 is 22.0 Å². The highest BCUT2D eigenvalue weighted by molar-refractivity contribution is 7.89. The van der Waals surface area contributed by atoms with Crippen LogP contribution in [0.5, 0.6) is 5.75 Å². The molecule has 0 saturated carbocycles. The molecule has 1 aromatic carbocycles. The Morgan fingerprint density at radius 1 is 1.41 bits per heavy atom. The Balaban J connectivity index is 2.16. The summed E-state index contributed by atoms with van der Waals surface area (Å²) in [5, 5.41) is 0. The van der Waals surface area contributed by atoms with Crippen LogP contribution in [0, 0.1) is 6.92 Å². The number of rotatable bonds is 6. The Bertz CT molecular complexity index is 627. The van der Waals surface area contributed by atoms with Gasteiger partial charge in [0.2, 0.25) is 10.0 Å². The predicted octanol–water partition coefficient (Wildman–Crippen LogP) is 2.49. The van der Waals surface area contributed by atoms with Crippen molar-refractivity contribution in [3.8, 4) is 5.75 Å². The third kappa shape index (κ3) is 4.08. The minimum absolute atomic E-state index is 0.118. The Labute approximate surface area is 132 Å². The number of aryl methyl sites for hydroxylation is 1. The quantitative estimate of drug-likeness (QED) is 0.595. The van der Waals surface area contributed by atoms with Gasteiger partial charge in [0.15, 0.2) is 0 Å². The van der Waals surface area contributed by atoms with Crippen molar-refractivity contribution in [2.45, 2.75) is 45.6 Å². The van der Waals surface area contributed by atoms with Crippen molar-refractivity contribution >= 4 is 16.0 Å². The van der Waals surface area contributed by atoms with E-state index in [-0.39, 0.29) is 5.75 Å². The molecule has 0 aromatic heterocycles. The molecule has 122 valence electrons. The van der Waals surface area contributed by atoms with Gasteiger partial charge in [0.25, 0.3) is 0 Å². The number of hydrogen-bond acceptors (Lipinski definition) is 4. The smallest absolute Gasteiger partial charge is 0.329 e. The zero-order valence-electron chi connectivity index (χ0n) is 13.1. The van der Waals surface area contributed by atoms with E-state index in [0.29, 0.717) is 25.1 Å². The molecule has 22 heavy (non-hydrogen) atoms. The van der Waals surface area contributed by atoms with E-state index in [0.717, 1.165) is 18.4 Å². The number of ether oxygens (including phenoxy) is 1. The highest BCUT2D eigenvalue weighted by Crippen LogP contribution is 2.23. The number of nitrogens with zero attached hydrogens (tertiary/aromatic N) is 1. The van der Waals surface area contributed by atoms with Gasteiger partial charge in [0.05, 0.1) is 5.75 Å². The second-order valence-corrected chi connectivity index (χ2v) is 7.72. The zero-order chi connectivity index (χ0) is 16.2. The molecule has 5 nitrogen and oxygen atoms in total. The van der Waals surface area contributed by atoms with Gasteiger partial charge in [0.1, 0.15) is 11.8 Å². The molecule has 0 bridgehead atoms. The van der Waals surface area contributed by atoms with Crippen molar-refractivity contribution in [2.24, 2.45) is 0 Å². The van der Waals surface area contributed by atoms with E-state index in [4.69, 9.17) is 4.74 Å². The fraction of sp³-hybridized carbons (Fsp3) is 0.562. The number of hydrogen-bond donors (Lipinski definition) is 0. The molecule has 1 aliphatic rings. The van der Waals surface area contributed by atoms with Gasteiger partial charge < -0.3 is 4.74 Å². The lowest BCUT2D eigenvalue weighted by atomic mass is 10.1. The second kappa shape index (κ2) is 7.24. The van der Waals surface area contributed by atoms with Gasteiger partial charge >= 0.3 is 5.97 Å². The SMILES string of the molecule is CCCCC(C(=O)Oc1cccc(C)c1)N1CCCS1(=O)=O. The molecule has 1 unspecified atom stereocenters. The standard InChI is InChI=1S/C16H23NO4S/c1-3-4-9-15(17-10-6-11-22(17,19)20)16(18)21-14-8-5-7-13(2)12-14/h5,7-8,12,15H,3-4,6,9-11H2,1-2H3. The maximum absolute atomic E-state index is 12.5. The Morgan fingerprint density at radius 2 is 2.18 bits per heavy atom. The van der Waals surface area contributed by atoms with Gasteiger partial charge in [-0.3, -0.25) is 0 Å². The van der Waals surface area contributed by atoms with E-state index in [9.17, 15) is 13.2 Å². The first-order valence-corrected chi connectivity index (χ1v) is 9.33. The molecule has 6 heteroatoms. The van der Waals surface area contributed by atoms with Crippen LogP contribution >= 0.6 is 0 Å². The van der Waals surface area contributed by atoms with Crippen molar-refractivity contribution in [3.05, 3.63) is 29.8 Å². The lowest BCUT2D eigenvalue weighted by Gasteiger charge is -2.24. The highest BCUT2D eigenvalue weighted by Gasteiger charge is 2.38. The van der Waals surface area contributed by atoms with E-state index in [1.807, 2.05) is 26.0 Å². The summed E-state index contributed by atoms with van der Waals surface area (Å²) in [5.41, 5.74) is 0.990. The molecule has 1 aliphatic heterocycles. The lowest BCUT2D eigenvalue weighted by molar-refractivity contribution is -0.138. The molecule has 1 fully saturated rings. The average Bonchev–Trinajstić information content (AvgIpc) is 2.79. The van der Waals surface area contributed by atoms with Gasteiger partial charge in [0, 0.05) is 6.54 Å². The highest BCUT2D eigenvalue weighted by atomic mass is 32.2. The third-order valence-corrected chi connectivity index (χ3v) is 5.75. The Kier molecular flexibility index (Phi) is 5.58. The first-order valence-electron chi connectivity index (χ1n) is 7.72. The third-order valence-electron chi connectivity index (χ3n) is 3.80. The molecular formula is C16H23NO4S. The van der Waals surface area contributed by atoms with Crippen molar-refractivity contribution in [1.82, 2.24) is 4.31 Å². The first kappa shape index (κ1) is 17.0. The number of esters is 1. The molecule has 0 amide bonds. The molecule has 0 aliphatic carbocycles. The molecule has 1 heterocycles. The average molecular weight is 325 g/mol. The summed E-state index contributed by atoms with van der Waals surface area (Å²) < 4.78 is 30.9. The van der Waals surface area contributed by atoms with Crippen LogP contribution in [0.4, 0.5) is 0 Å². The van der Waals surface area contributed by atoms with E-state index >= 15 is 0 Å². The normalized spacial score (nSPS) is 19.0. The zero-order valence-corrected chi connectivity index (χ0v) is 13.9. The fourth-order valence-electron chi connectivity index (χ4n) is 2.65. The van der Waals surface area contributed by atoms with Crippen LogP contribution in [0.25, 0.3) is 0 Å².